The van der Waals surface area contributed by atoms with Gasteiger partial charge in [-0.15, -0.1) is 0 Å². The predicted molar refractivity (Wildman–Crippen MR) is 64.3 cm³/mol. The smallest absolute Gasteiger partial charge is 0.254 e. The minimum atomic E-state index is -0.950. The van der Waals surface area contributed by atoms with Crippen molar-refractivity contribution in [3.05, 3.63) is 29.3 Å². The first-order valence-corrected chi connectivity index (χ1v) is 5.79. The van der Waals surface area contributed by atoms with Gasteiger partial charge in [-0.1, -0.05) is 0 Å². The van der Waals surface area contributed by atoms with E-state index in [0.717, 1.165) is 12.1 Å². The highest BCUT2D eigenvalue weighted by atomic mass is 19.1. The van der Waals surface area contributed by atoms with E-state index in [4.69, 9.17) is 5.73 Å². The number of hydrogen-bond donors (Lipinski definition) is 3. The Morgan fingerprint density at radius 1 is 1.47 bits per heavy atom. The van der Waals surface area contributed by atoms with E-state index >= 15 is 0 Å². The van der Waals surface area contributed by atoms with Crippen LogP contribution in [0, 0.1) is 11.6 Å². The highest BCUT2D eigenvalue weighted by Crippen LogP contribution is 2.17. The normalized spacial score (nSPS) is 18.2. The molecule has 1 aliphatic rings. The maximum atomic E-state index is 13.6. The number of nitrogen functional groups attached to an aromatic ring is 1. The van der Waals surface area contributed by atoms with E-state index in [2.05, 4.69) is 10.6 Å². The zero-order valence-electron chi connectivity index (χ0n) is 10.0. The number of benzene rings is 1. The monoisotopic (exact) mass is 269 g/mol. The maximum absolute atomic E-state index is 13.6. The molecule has 1 atom stereocenters. The van der Waals surface area contributed by atoms with Crippen LogP contribution in [0.5, 0.6) is 0 Å². The Bertz CT molecular complexity index is 534. The number of nitrogens with one attached hydrogen (secondary N) is 2. The van der Waals surface area contributed by atoms with Crippen LogP contribution in [-0.4, -0.2) is 24.4 Å². The third-order valence-corrected chi connectivity index (χ3v) is 2.90. The summed E-state index contributed by atoms with van der Waals surface area (Å²) in [5.74, 6) is -2.57. The molecule has 102 valence electrons. The first-order chi connectivity index (χ1) is 8.97. The van der Waals surface area contributed by atoms with E-state index in [0.29, 0.717) is 12.8 Å². The lowest BCUT2D eigenvalue weighted by Gasteiger charge is -2.12. The summed E-state index contributed by atoms with van der Waals surface area (Å²) in [6.07, 6.45) is 1.01. The van der Waals surface area contributed by atoms with Crippen LogP contribution in [0.25, 0.3) is 0 Å². The molecule has 2 rings (SSSR count). The first-order valence-electron chi connectivity index (χ1n) is 5.79. The average Bonchev–Trinajstić information content (AvgIpc) is 2.76. The Balaban J connectivity index is 2.02. The molecule has 5 nitrogen and oxygen atoms in total. The average molecular weight is 269 g/mol. The number of hydrogen-bond acceptors (Lipinski definition) is 3. The number of halogens is 2. The molecule has 7 heteroatoms. The third kappa shape index (κ3) is 2.98. The second kappa shape index (κ2) is 5.21. The summed E-state index contributed by atoms with van der Waals surface area (Å²) < 4.78 is 26.6. The molecule has 2 amide bonds. The van der Waals surface area contributed by atoms with E-state index < -0.39 is 28.8 Å². The Hall–Kier alpha value is -2.18. The lowest BCUT2D eigenvalue weighted by atomic mass is 10.1. The van der Waals surface area contributed by atoms with Crippen molar-refractivity contribution in [2.45, 2.75) is 18.9 Å². The van der Waals surface area contributed by atoms with Crippen molar-refractivity contribution < 1.29 is 18.4 Å². The van der Waals surface area contributed by atoms with Crippen LogP contribution >= 0.6 is 0 Å². The van der Waals surface area contributed by atoms with Gasteiger partial charge in [-0.3, -0.25) is 9.59 Å². The minimum Gasteiger partial charge on any atom is -0.396 e. The van der Waals surface area contributed by atoms with Crippen molar-refractivity contribution in [2.75, 3.05) is 12.3 Å². The number of rotatable bonds is 3. The van der Waals surface area contributed by atoms with Gasteiger partial charge < -0.3 is 16.4 Å². The Kier molecular flexibility index (Phi) is 3.64. The van der Waals surface area contributed by atoms with Crippen LogP contribution < -0.4 is 16.4 Å². The van der Waals surface area contributed by atoms with Gasteiger partial charge in [0.05, 0.1) is 11.3 Å². The summed E-state index contributed by atoms with van der Waals surface area (Å²) in [6, 6.07) is 1.42. The molecule has 1 unspecified atom stereocenters. The van der Waals surface area contributed by atoms with Crippen molar-refractivity contribution in [1.82, 2.24) is 10.6 Å². The topological polar surface area (TPSA) is 84.2 Å². The van der Waals surface area contributed by atoms with Crippen LogP contribution in [0.4, 0.5) is 14.5 Å². The number of carbonyl (C=O) groups is 2. The zero-order valence-corrected chi connectivity index (χ0v) is 10.0. The van der Waals surface area contributed by atoms with Crippen molar-refractivity contribution in [3.63, 3.8) is 0 Å². The van der Waals surface area contributed by atoms with Crippen LogP contribution in [0.2, 0.25) is 0 Å². The predicted octanol–water partition coefficient (Wildman–Crippen LogP) is 0.555. The van der Waals surface area contributed by atoms with Gasteiger partial charge in [0, 0.05) is 19.0 Å². The largest absolute Gasteiger partial charge is 0.396 e. The maximum Gasteiger partial charge on any atom is 0.254 e. The summed E-state index contributed by atoms with van der Waals surface area (Å²) >= 11 is 0. The lowest BCUT2D eigenvalue weighted by molar-refractivity contribution is -0.119. The fraction of sp³-hybridized carbons (Fsp3) is 0.333. The van der Waals surface area contributed by atoms with Crippen LogP contribution in [0.3, 0.4) is 0 Å². The van der Waals surface area contributed by atoms with Crippen LogP contribution in [0.1, 0.15) is 23.2 Å². The van der Waals surface area contributed by atoms with Crippen LogP contribution in [-0.2, 0) is 4.79 Å². The molecule has 0 spiro atoms. The summed E-state index contributed by atoms with van der Waals surface area (Å²) in [5, 5.41) is 5.09. The fourth-order valence-corrected chi connectivity index (χ4v) is 1.92. The van der Waals surface area contributed by atoms with E-state index in [-0.39, 0.29) is 18.5 Å². The highest BCUT2D eigenvalue weighted by molar-refractivity contribution is 5.95. The second-order valence-electron chi connectivity index (χ2n) is 4.37. The number of anilines is 1. The van der Waals surface area contributed by atoms with Gasteiger partial charge in [-0.25, -0.2) is 8.78 Å². The van der Waals surface area contributed by atoms with Gasteiger partial charge in [0.25, 0.3) is 5.91 Å². The molecule has 0 aromatic heterocycles. The molecule has 0 bridgehead atoms. The molecule has 4 N–H and O–H groups in total. The molecule has 1 heterocycles. The Labute approximate surface area is 108 Å². The highest BCUT2D eigenvalue weighted by Gasteiger charge is 2.22. The molecule has 1 fully saturated rings. The van der Waals surface area contributed by atoms with Gasteiger partial charge >= 0.3 is 0 Å². The van der Waals surface area contributed by atoms with Crippen LogP contribution in [0.15, 0.2) is 12.1 Å². The molecule has 0 saturated carbocycles. The number of carbonyl (C=O) groups excluding carboxylic acids is 2. The van der Waals surface area contributed by atoms with E-state index in [1.165, 1.54) is 0 Å². The van der Waals surface area contributed by atoms with Crippen molar-refractivity contribution in [1.29, 1.82) is 0 Å². The van der Waals surface area contributed by atoms with Crippen molar-refractivity contribution in [3.8, 4) is 0 Å². The summed E-state index contributed by atoms with van der Waals surface area (Å²) in [4.78, 5) is 22.7. The number of amides is 2. The quantitative estimate of drug-likeness (QED) is 0.701. The van der Waals surface area contributed by atoms with Crippen molar-refractivity contribution >= 4 is 17.5 Å². The summed E-state index contributed by atoms with van der Waals surface area (Å²) in [7, 11) is 0. The summed E-state index contributed by atoms with van der Waals surface area (Å²) in [5.41, 5.74) is 4.38. The Morgan fingerprint density at radius 2 is 2.21 bits per heavy atom. The second-order valence-corrected chi connectivity index (χ2v) is 4.37. The van der Waals surface area contributed by atoms with Gasteiger partial charge in [-0.2, -0.15) is 0 Å². The van der Waals surface area contributed by atoms with Gasteiger partial charge in [-0.05, 0) is 18.6 Å². The van der Waals surface area contributed by atoms with E-state index in [1.54, 1.807) is 0 Å². The standard InChI is InChI=1S/C12H13F2N3O2/c13-6-3-8(11(14)9(15)4-6)12(19)16-5-7-1-2-10(18)17-7/h3-4,7H,1-2,5,15H2,(H,16,19)(H,17,18). The molecular formula is C12H13F2N3O2. The van der Waals surface area contributed by atoms with Gasteiger partial charge in [0.15, 0.2) is 5.82 Å². The molecule has 0 radical (unpaired) electrons. The summed E-state index contributed by atoms with van der Waals surface area (Å²) in [6.45, 7) is 0.167. The third-order valence-electron chi connectivity index (χ3n) is 2.90. The molecule has 1 aliphatic heterocycles. The SMILES string of the molecule is Nc1cc(F)cc(C(=O)NCC2CCC(=O)N2)c1F. The van der Waals surface area contributed by atoms with Gasteiger partial charge in [0.2, 0.25) is 5.91 Å². The van der Waals surface area contributed by atoms with E-state index in [1.807, 2.05) is 0 Å². The zero-order chi connectivity index (χ0) is 14.0. The molecule has 0 aliphatic carbocycles. The first kappa shape index (κ1) is 13.3. The molecule has 1 saturated heterocycles. The van der Waals surface area contributed by atoms with Crippen molar-refractivity contribution in [2.24, 2.45) is 0 Å². The fourth-order valence-electron chi connectivity index (χ4n) is 1.92. The molecular weight excluding hydrogens is 256 g/mol. The number of nitrogens with two attached hydrogens (primary N) is 1. The molecule has 1 aromatic carbocycles. The lowest BCUT2D eigenvalue weighted by Crippen LogP contribution is -2.38. The minimum absolute atomic E-state index is 0.0829. The Morgan fingerprint density at radius 3 is 2.84 bits per heavy atom. The van der Waals surface area contributed by atoms with Gasteiger partial charge in [0.1, 0.15) is 5.82 Å². The molecule has 19 heavy (non-hydrogen) atoms. The molecule has 1 aromatic rings. The van der Waals surface area contributed by atoms with E-state index in [9.17, 15) is 18.4 Å².